The van der Waals surface area contributed by atoms with E-state index in [2.05, 4.69) is 19.2 Å². The van der Waals surface area contributed by atoms with Crippen molar-refractivity contribution in [3.63, 3.8) is 0 Å². The predicted molar refractivity (Wildman–Crippen MR) is 66.6 cm³/mol. The van der Waals surface area contributed by atoms with Gasteiger partial charge in [-0.05, 0) is 33.1 Å². The van der Waals surface area contributed by atoms with Crippen molar-refractivity contribution in [1.82, 2.24) is 10.2 Å². The standard InChI is InChI=1S/C13H24N2O2/c1-10(6-9-17-3)15-11(2)14-13(12(15)16)7-4-5-8-13/h10-11,14H,4-9H2,1-3H3. The van der Waals surface area contributed by atoms with Gasteiger partial charge in [-0.15, -0.1) is 0 Å². The Balaban J connectivity index is 2.05. The summed E-state index contributed by atoms with van der Waals surface area (Å²) < 4.78 is 5.10. The zero-order chi connectivity index (χ0) is 12.5. The van der Waals surface area contributed by atoms with Crippen LogP contribution in [0.5, 0.6) is 0 Å². The molecule has 1 aliphatic carbocycles. The van der Waals surface area contributed by atoms with Crippen molar-refractivity contribution < 1.29 is 9.53 Å². The van der Waals surface area contributed by atoms with Crippen molar-refractivity contribution in [2.24, 2.45) is 0 Å². The number of methoxy groups -OCH3 is 1. The molecular weight excluding hydrogens is 216 g/mol. The Kier molecular flexibility index (Phi) is 3.73. The molecule has 17 heavy (non-hydrogen) atoms. The van der Waals surface area contributed by atoms with Crippen LogP contribution in [0.25, 0.3) is 0 Å². The Morgan fingerprint density at radius 2 is 2.18 bits per heavy atom. The average Bonchev–Trinajstić information content (AvgIpc) is 2.84. The van der Waals surface area contributed by atoms with Crippen molar-refractivity contribution in [1.29, 1.82) is 0 Å². The Morgan fingerprint density at radius 1 is 1.53 bits per heavy atom. The van der Waals surface area contributed by atoms with Gasteiger partial charge in [0.05, 0.1) is 11.7 Å². The number of carbonyl (C=O) groups is 1. The Bertz CT molecular complexity index is 287. The molecular formula is C13H24N2O2. The minimum atomic E-state index is -0.235. The zero-order valence-corrected chi connectivity index (χ0v) is 11.2. The molecule has 1 saturated heterocycles. The molecule has 2 fully saturated rings. The maximum absolute atomic E-state index is 12.6. The van der Waals surface area contributed by atoms with Crippen LogP contribution in [0.2, 0.25) is 0 Å². The third-order valence-corrected chi connectivity index (χ3v) is 4.22. The van der Waals surface area contributed by atoms with Gasteiger partial charge in [0.1, 0.15) is 0 Å². The number of nitrogens with one attached hydrogen (secondary N) is 1. The third kappa shape index (κ3) is 2.20. The van der Waals surface area contributed by atoms with Gasteiger partial charge in [0, 0.05) is 19.8 Å². The Hall–Kier alpha value is -0.610. The van der Waals surface area contributed by atoms with E-state index in [-0.39, 0.29) is 17.7 Å². The molecule has 2 aliphatic rings. The first-order valence-electron chi connectivity index (χ1n) is 6.70. The van der Waals surface area contributed by atoms with Gasteiger partial charge < -0.3 is 9.64 Å². The molecule has 1 N–H and O–H groups in total. The van der Waals surface area contributed by atoms with E-state index in [1.165, 1.54) is 12.8 Å². The Labute approximate surface area is 104 Å². The maximum Gasteiger partial charge on any atom is 0.244 e. The van der Waals surface area contributed by atoms with Gasteiger partial charge in [0.15, 0.2) is 0 Å². The van der Waals surface area contributed by atoms with Gasteiger partial charge in [-0.2, -0.15) is 0 Å². The summed E-state index contributed by atoms with van der Waals surface area (Å²) in [7, 11) is 1.71. The molecule has 1 amide bonds. The SMILES string of the molecule is COCCC(C)N1C(=O)C2(CCCC2)NC1C. The normalized spacial score (nSPS) is 29.2. The lowest BCUT2D eigenvalue weighted by atomic mass is 9.97. The molecule has 0 aromatic carbocycles. The second-order valence-electron chi connectivity index (χ2n) is 5.45. The van der Waals surface area contributed by atoms with Crippen LogP contribution in [0.15, 0.2) is 0 Å². The zero-order valence-electron chi connectivity index (χ0n) is 11.2. The van der Waals surface area contributed by atoms with Crippen LogP contribution in [0.1, 0.15) is 46.0 Å². The maximum atomic E-state index is 12.6. The number of carbonyl (C=O) groups excluding carboxylic acids is 1. The van der Waals surface area contributed by atoms with Crippen LogP contribution >= 0.6 is 0 Å². The van der Waals surface area contributed by atoms with Crippen LogP contribution in [0.4, 0.5) is 0 Å². The summed E-state index contributed by atoms with van der Waals surface area (Å²) in [6.07, 6.45) is 5.42. The molecule has 0 aromatic rings. The first-order chi connectivity index (χ1) is 8.10. The molecule has 2 atom stereocenters. The lowest BCUT2D eigenvalue weighted by Gasteiger charge is -2.28. The fraction of sp³-hybridized carbons (Fsp3) is 0.923. The van der Waals surface area contributed by atoms with Gasteiger partial charge in [-0.1, -0.05) is 12.8 Å². The highest BCUT2D eigenvalue weighted by Crippen LogP contribution is 2.37. The topological polar surface area (TPSA) is 41.6 Å². The van der Waals surface area contributed by atoms with Crippen LogP contribution in [0, 0.1) is 0 Å². The number of nitrogens with zero attached hydrogens (tertiary/aromatic N) is 1. The van der Waals surface area contributed by atoms with Gasteiger partial charge in [-0.3, -0.25) is 10.1 Å². The molecule has 1 heterocycles. The Morgan fingerprint density at radius 3 is 2.76 bits per heavy atom. The van der Waals surface area contributed by atoms with E-state index in [0.29, 0.717) is 12.5 Å². The van der Waals surface area contributed by atoms with Crippen LogP contribution in [0.3, 0.4) is 0 Å². The van der Waals surface area contributed by atoms with Crippen molar-refractivity contribution in [2.75, 3.05) is 13.7 Å². The van der Waals surface area contributed by atoms with E-state index in [9.17, 15) is 4.79 Å². The molecule has 1 spiro atoms. The van der Waals surface area contributed by atoms with Gasteiger partial charge >= 0.3 is 0 Å². The van der Waals surface area contributed by atoms with Crippen molar-refractivity contribution in [2.45, 2.75) is 63.7 Å². The molecule has 4 heteroatoms. The molecule has 1 aliphatic heterocycles. The van der Waals surface area contributed by atoms with E-state index < -0.39 is 0 Å². The molecule has 98 valence electrons. The minimum absolute atomic E-state index is 0.160. The predicted octanol–water partition coefficient (Wildman–Crippen LogP) is 1.50. The third-order valence-electron chi connectivity index (χ3n) is 4.22. The summed E-state index contributed by atoms with van der Waals surface area (Å²) in [5, 5.41) is 3.52. The van der Waals surface area contributed by atoms with E-state index in [0.717, 1.165) is 19.3 Å². The average molecular weight is 240 g/mol. The molecule has 1 saturated carbocycles. The highest BCUT2D eigenvalue weighted by molar-refractivity contribution is 5.89. The molecule has 0 aromatic heterocycles. The van der Waals surface area contributed by atoms with Crippen LogP contribution in [-0.2, 0) is 9.53 Å². The second kappa shape index (κ2) is 4.94. The quantitative estimate of drug-likeness (QED) is 0.809. The monoisotopic (exact) mass is 240 g/mol. The summed E-state index contributed by atoms with van der Waals surface area (Å²) in [4.78, 5) is 14.6. The van der Waals surface area contributed by atoms with Gasteiger partial charge in [0.2, 0.25) is 5.91 Å². The van der Waals surface area contributed by atoms with E-state index in [1.807, 2.05) is 4.90 Å². The van der Waals surface area contributed by atoms with Gasteiger partial charge in [0.25, 0.3) is 0 Å². The van der Waals surface area contributed by atoms with Crippen LogP contribution < -0.4 is 5.32 Å². The second-order valence-corrected chi connectivity index (χ2v) is 5.45. The number of amides is 1. The minimum Gasteiger partial charge on any atom is -0.385 e. The smallest absolute Gasteiger partial charge is 0.244 e. The number of ether oxygens (including phenoxy) is 1. The molecule has 4 nitrogen and oxygen atoms in total. The van der Waals surface area contributed by atoms with E-state index in [1.54, 1.807) is 7.11 Å². The summed E-state index contributed by atoms with van der Waals surface area (Å²) in [5.41, 5.74) is -0.235. The van der Waals surface area contributed by atoms with Crippen molar-refractivity contribution in [3.05, 3.63) is 0 Å². The highest BCUT2D eigenvalue weighted by Gasteiger charge is 2.51. The molecule has 2 unspecified atom stereocenters. The number of rotatable bonds is 4. The fourth-order valence-corrected chi connectivity index (χ4v) is 3.30. The summed E-state index contributed by atoms with van der Waals surface area (Å²) >= 11 is 0. The first-order valence-corrected chi connectivity index (χ1v) is 6.70. The van der Waals surface area contributed by atoms with Gasteiger partial charge in [-0.25, -0.2) is 0 Å². The summed E-state index contributed by atoms with van der Waals surface area (Å²) in [5.74, 6) is 0.311. The van der Waals surface area contributed by atoms with Crippen molar-refractivity contribution in [3.8, 4) is 0 Å². The number of hydrogen-bond acceptors (Lipinski definition) is 3. The van der Waals surface area contributed by atoms with E-state index in [4.69, 9.17) is 4.74 Å². The molecule has 2 rings (SSSR count). The van der Waals surface area contributed by atoms with Crippen molar-refractivity contribution >= 4 is 5.91 Å². The van der Waals surface area contributed by atoms with E-state index >= 15 is 0 Å². The molecule has 0 bridgehead atoms. The molecule has 0 radical (unpaired) electrons. The highest BCUT2D eigenvalue weighted by atomic mass is 16.5. The fourth-order valence-electron chi connectivity index (χ4n) is 3.30. The summed E-state index contributed by atoms with van der Waals surface area (Å²) in [6, 6.07) is 0.255. The summed E-state index contributed by atoms with van der Waals surface area (Å²) in [6.45, 7) is 4.92. The lowest BCUT2D eigenvalue weighted by Crippen LogP contribution is -2.45. The largest absolute Gasteiger partial charge is 0.385 e. The lowest BCUT2D eigenvalue weighted by molar-refractivity contribution is -0.135. The van der Waals surface area contributed by atoms with Crippen LogP contribution in [-0.4, -0.2) is 42.3 Å². The number of hydrogen-bond donors (Lipinski definition) is 1. The first kappa shape index (κ1) is 12.8.